The average Bonchev–Trinajstić information content (AvgIpc) is 2.79. The molecule has 0 spiro atoms. The highest BCUT2D eigenvalue weighted by atomic mass is 32.2. The van der Waals surface area contributed by atoms with Gasteiger partial charge < -0.3 is 10.1 Å². The third-order valence-corrected chi connectivity index (χ3v) is 7.67. The van der Waals surface area contributed by atoms with E-state index < -0.39 is 15.9 Å². The lowest BCUT2D eigenvalue weighted by Crippen LogP contribution is -2.43. The minimum atomic E-state index is -3.69. The summed E-state index contributed by atoms with van der Waals surface area (Å²) in [5, 5.41) is 5.02. The summed E-state index contributed by atoms with van der Waals surface area (Å²) < 4.78 is 33.0. The van der Waals surface area contributed by atoms with Crippen molar-refractivity contribution in [2.45, 2.75) is 24.7 Å². The quantitative estimate of drug-likeness (QED) is 0.648. The number of ether oxygens (including phenoxy) is 1. The number of carbonyl (C=O) groups excluding carboxylic acids is 1. The Morgan fingerprint density at radius 2 is 1.87 bits per heavy atom. The van der Waals surface area contributed by atoms with Gasteiger partial charge in [0, 0.05) is 24.2 Å². The second kappa shape index (κ2) is 8.69. The van der Waals surface area contributed by atoms with Gasteiger partial charge in [0.2, 0.25) is 15.9 Å². The van der Waals surface area contributed by atoms with Crippen molar-refractivity contribution in [2.24, 2.45) is 5.92 Å². The summed E-state index contributed by atoms with van der Waals surface area (Å²) >= 11 is 0. The van der Waals surface area contributed by atoms with Crippen LogP contribution in [0.2, 0.25) is 0 Å². The minimum Gasteiger partial charge on any atom is -0.496 e. The van der Waals surface area contributed by atoms with Crippen LogP contribution in [0.5, 0.6) is 5.75 Å². The van der Waals surface area contributed by atoms with Crippen LogP contribution in [0.3, 0.4) is 0 Å². The predicted molar refractivity (Wildman–Crippen MR) is 122 cm³/mol. The van der Waals surface area contributed by atoms with Crippen molar-refractivity contribution in [1.29, 1.82) is 0 Å². The van der Waals surface area contributed by atoms with Gasteiger partial charge in [0.05, 0.1) is 17.9 Å². The Labute approximate surface area is 182 Å². The number of rotatable bonds is 5. The molecule has 6 nitrogen and oxygen atoms in total. The molecule has 1 atom stereocenters. The van der Waals surface area contributed by atoms with Crippen LogP contribution in [-0.4, -0.2) is 38.8 Å². The first kappa shape index (κ1) is 21.3. The van der Waals surface area contributed by atoms with E-state index in [1.54, 1.807) is 25.3 Å². The molecule has 31 heavy (non-hydrogen) atoms. The summed E-state index contributed by atoms with van der Waals surface area (Å²) in [6.07, 6.45) is 1.30. The summed E-state index contributed by atoms with van der Waals surface area (Å²) in [4.78, 5) is 13.2. The zero-order valence-corrected chi connectivity index (χ0v) is 18.5. The molecule has 1 unspecified atom stereocenters. The van der Waals surface area contributed by atoms with Crippen molar-refractivity contribution in [3.63, 3.8) is 0 Å². The Kier molecular flexibility index (Phi) is 5.98. The Morgan fingerprint density at radius 3 is 2.65 bits per heavy atom. The molecule has 1 amide bonds. The molecule has 0 bridgehead atoms. The van der Waals surface area contributed by atoms with E-state index in [1.165, 1.54) is 4.31 Å². The van der Waals surface area contributed by atoms with Crippen LogP contribution < -0.4 is 10.1 Å². The van der Waals surface area contributed by atoms with E-state index in [-0.39, 0.29) is 17.3 Å². The van der Waals surface area contributed by atoms with E-state index in [1.807, 2.05) is 49.4 Å². The topological polar surface area (TPSA) is 75.7 Å². The van der Waals surface area contributed by atoms with Crippen LogP contribution in [-0.2, 0) is 14.8 Å². The van der Waals surface area contributed by atoms with E-state index in [0.717, 1.165) is 22.0 Å². The molecule has 3 aromatic rings. The number of aryl methyl sites for hydroxylation is 1. The summed E-state index contributed by atoms with van der Waals surface area (Å²) in [5.74, 6) is 0.0916. The Bertz CT molecular complexity index is 1220. The van der Waals surface area contributed by atoms with E-state index >= 15 is 0 Å². The van der Waals surface area contributed by atoms with E-state index in [2.05, 4.69) is 5.32 Å². The van der Waals surface area contributed by atoms with Crippen LogP contribution in [0.15, 0.2) is 65.6 Å². The van der Waals surface area contributed by atoms with Crippen molar-refractivity contribution in [3.05, 3.63) is 66.2 Å². The predicted octanol–water partition coefficient (Wildman–Crippen LogP) is 4.20. The monoisotopic (exact) mass is 438 g/mol. The Hall–Kier alpha value is -2.90. The van der Waals surface area contributed by atoms with Gasteiger partial charge in [-0.1, -0.05) is 36.4 Å². The fourth-order valence-electron chi connectivity index (χ4n) is 4.10. The van der Waals surface area contributed by atoms with Gasteiger partial charge in [-0.2, -0.15) is 4.31 Å². The normalized spacial score (nSPS) is 17.4. The van der Waals surface area contributed by atoms with Crippen LogP contribution in [0.25, 0.3) is 10.8 Å². The molecule has 7 heteroatoms. The highest BCUT2D eigenvalue weighted by Gasteiger charge is 2.33. The Balaban J connectivity index is 1.52. The molecule has 3 aromatic carbocycles. The summed E-state index contributed by atoms with van der Waals surface area (Å²) in [7, 11) is -2.13. The highest BCUT2D eigenvalue weighted by Crippen LogP contribution is 2.29. The first-order chi connectivity index (χ1) is 14.9. The molecule has 1 saturated heterocycles. The number of hydrogen-bond acceptors (Lipinski definition) is 4. The second-order valence-corrected chi connectivity index (χ2v) is 9.79. The van der Waals surface area contributed by atoms with Crippen molar-refractivity contribution < 1.29 is 17.9 Å². The molecule has 1 N–H and O–H groups in total. The summed E-state index contributed by atoms with van der Waals surface area (Å²) in [6.45, 7) is 2.39. The molecule has 1 fully saturated rings. The second-order valence-electron chi connectivity index (χ2n) is 7.85. The van der Waals surface area contributed by atoms with Crippen molar-refractivity contribution in [3.8, 4) is 5.75 Å². The minimum absolute atomic E-state index is 0.151. The lowest BCUT2D eigenvalue weighted by atomic mass is 9.98. The molecule has 0 aliphatic carbocycles. The fraction of sp³-hybridized carbons (Fsp3) is 0.292. The molecular weight excluding hydrogens is 412 g/mol. The number of carbonyl (C=O) groups is 1. The van der Waals surface area contributed by atoms with Gasteiger partial charge in [0.25, 0.3) is 0 Å². The lowest BCUT2D eigenvalue weighted by molar-refractivity contribution is -0.120. The van der Waals surface area contributed by atoms with Gasteiger partial charge in [-0.15, -0.1) is 0 Å². The lowest BCUT2D eigenvalue weighted by Gasteiger charge is -2.31. The van der Waals surface area contributed by atoms with Gasteiger partial charge >= 0.3 is 0 Å². The van der Waals surface area contributed by atoms with Gasteiger partial charge in [-0.05, 0) is 55.0 Å². The van der Waals surface area contributed by atoms with Gasteiger partial charge in [-0.3, -0.25) is 4.79 Å². The summed E-state index contributed by atoms with van der Waals surface area (Å²) in [5.41, 5.74) is 1.50. The number of methoxy groups -OCH3 is 1. The van der Waals surface area contributed by atoms with Gasteiger partial charge in [-0.25, -0.2) is 8.42 Å². The fourth-order valence-corrected chi connectivity index (χ4v) is 5.71. The molecule has 0 saturated carbocycles. The zero-order valence-electron chi connectivity index (χ0n) is 17.7. The van der Waals surface area contributed by atoms with Crippen LogP contribution >= 0.6 is 0 Å². The molecule has 4 rings (SSSR count). The van der Waals surface area contributed by atoms with Crippen molar-refractivity contribution >= 4 is 32.4 Å². The maximum atomic E-state index is 13.2. The molecular formula is C24H26N2O4S. The number of hydrogen-bond donors (Lipinski definition) is 1. The first-order valence-electron chi connectivity index (χ1n) is 10.3. The third kappa shape index (κ3) is 4.29. The van der Waals surface area contributed by atoms with E-state index in [0.29, 0.717) is 25.1 Å². The molecule has 0 aromatic heterocycles. The van der Waals surface area contributed by atoms with Crippen LogP contribution in [0.1, 0.15) is 18.4 Å². The number of anilines is 1. The number of fused-ring (bicyclic) bond motifs is 1. The summed E-state index contributed by atoms with van der Waals surface area (Å²) in [6, 6.07) is 18.5. The molecule has 1 aliphatic rings. The molecule has 1 heterocycles. The molecule has 0 radical (unpaired) electrons. The third-order valence-electron chi connectivity index (χ3n) is 5.81. The average molecular weight is 439 g/mol. The van der Waals surface area contributed by atoms with Crippen molar-refractivity contribution in [1.82, 2.24) is 4.31 Å². The first-order valence-corrected chi connectivity index (χ1v) is 11.8. The number of nitrogens with zero attached hydrogens (tertiary/aromatic N) is 1. The molecule has 1 aliphatic heterocycles. The standard InChI is InChI=1S/C24H26N2O4S/c1-17-15-20(12-13-23(17)30-2)31(28,29)26-14-6-9-19(16-26)24(27)25-22-11-5-8-18-7-3-4-10-21(18)22/h3-5,7-8,10-13,15,19H,6,9,14,16H2,1-2H3,(H,25,27). The Morgan fingerprint density at radius 1 is 1.10 bits per heavy atom. The van der Waals surface area contributed by atoms with E-state index in [9.17, 15) is 13.2 Å². The van der Waals surface area contributed by atoms with E-state index in [4.69, 9.17) is 4.74 Å². The van der Waals surface area contributed by atoms with Gasteiger partial charge in [0.15, 0.2) is 0 Å². The highest BCUT2D eigenvalue weighted by molar-refractivity contribution is 7.89. The number of nitrogens with one attached hydrogen (secondary N) is 1. The maximum absolute atomic E-state index is 13.2. The number of piperidine rings is 1. The number of sulfonamides is 1. The largest absolute Gasteiger partial charge is 0.496 e. The van der Waals surface area contributed by atoms with Crippen molar-refractivity contribution in [2.75, 3.05) is 25.5 Å². The zero-order chi connectivity index (χ0) is 22.0. The van der Waals surface area contributed by atoms with Crippen LogP contribution in [0.4, 0.5) is 5.69 Å². The number of amides is 1. The molecule has 162 valence electrons. The van der Waals surface area contributed by atoms with Crippen LogP contribution in [0, 0.1) is 12.8 Å². The maximum Gasteiger partial charge on any atom is 0.243 e. The van der Waals surface area contributed by atoms with Gasteiger partial charge in [0.1, 0.15) is 5.75 Å². The smallest absolute Gasteiger partial charge is 0.243 e. The number of benzene rings is 3. The SMILES string of the molecule is COc1ccc(S(=O)(=O)N2CCCC(C(=O)Nc3cccc4ccccc34)C2)cc1C.